The first-order chi connectivity index (χ1) is 8.61. The Balaban J connectivity index is 2.29. The van der Waals surface area contributed by atoms with Crippen LogP contribution in [0.25, 0.3) is 0 Å². The van der Waals surface area contributed by atoms with Gasteiger partial charge in [-0.1, -0.05) is 26.0 Å². The van der Waals surface area contributed by atoms with Crippen molar-refractivity contribution in [3.63, 3.8) is 0 Å². The van der Waals surface area contributed by atoms with Gasteiger partial charge in [0.2, 0.25) is 0 Å². The van der Waals surface area contributed by atoms with Crippen LogP contribution in [0.3, 0.4) is 0 Å². The molecule has 1 aromatic carbocycles. The van der Waals surface area contributed by atoms with Crippen LogP contribution in [0, 0.1) is 5.92 Å². The van der Waals surface area contributed by atoms with Crippen LogP contribution in [0.4, 0.5) is 0 Å². The molecular weight excluding hydrogens is 234 g/mol. The quantitative estimate of drug-likeness (QED) is 0.547. The van der Waals surface area contributed by atoms with Gasteiger partial charge in [0, 0.05) is 0 Å². The molecule has 5 nitrogen and oxygen atoms in total. The summed E-state index contributed by atoms with van der Waals surface area (Å²) in [4.78, 5) is 16.1. The summed E-state index contributed by atoms with van der Waals surface area (Å²) in [5.74, 6) is -0.156. The van der Waals surface area contributed by atoms with Crippen molar-refractivity contribution in [2.45, 2.75) is 13.8 Å². The molecular formula is C13H19NO4. The maximum absolute atomic E-state index is 10.9. The van der Waals surface area contributed by atoms with E-state index in [2.05, 4.69) is 19.3 Å². The lowest BCUT2D eigenvalue weighted by molar-refractivity contribution is 0.0179. The molecule has 5 heteroatoms. The third-order valence-electron chi connectivity index (χ3n) is 2.10. The monoisotopic (exact) mass is 253 g/mol. The summed E-state index contributed by atoms with van der Waals surface area (Å²) < 4.78 is 5.38. The van der Waals surface area contributed by atoms with E-state index in [0.717, 1.165) is 0 Å². The average molecular weight is 253 g/mol. The van der Waals surface area contributed by atoms with Gasteiger partial charge in [0.25, 0.3) is 0 Å². The molecule has 0 spiro atoms. The lowest BCUT2D eigenvalue weighted by atomic mass is 10.2. The predicted octanol–water partition coefficient (Wildman–Crippen LogP) is 1.94. The van der Waals surface area contributed by atoms with Crippen molar-refractivity contribution in [1.29, 1.82) is 0 Å². The minimum Gasteiger partial charge on any atom is -0.491 e. The van der Waals surface area contributed by atoms with Crippen LogP contribution in [-0.4, -0.2) is 30.8 Å². The molecule has 0 fully saturated rings. The highest BCUT2D eigenvalue weighted by Gasteiger charge is 2.09. The van der Waals surface area contributed by atoms with E-state index in [1.165, 1.54) is 6.07 Å². The van der Waals surface area contributed by atoms with Gasteiger partial charge in [-0.2, -0.15) is 5.48 Å². The number of ether oxygens (including phenoxy) is 1. The van der Waals surface area contributed by atoms with Crippen molar-refractivity contribution in [3.8, 4) is 5.75 Å². The molecule has 100 valence electrons. The van der Waals surface area contributed by atoms with Gasteiger partial charge in [-0.05, 0) is 18.1 Å². The van der Waals surface area contributed by atoms with E-state index >= 15 is 0 Å². The minimum atomic E-state index is -0.991. The molecule has 0 amide bonds. The van der Waals surface area contributed by atoms with Gasteiger partial charge >= 0.3 is 5.97 Å². The van der Waals surface area contributed by atoms with E-state index < -0.39 is 5.97 Å². The van der Waals surface area contributed by atoms with Crippen LogP contribution in [0.15, 0.2) is 24.3 Å². The van der Waals surface area contributed by atoms with Crippen LogP contribution in [0.5, 0.6) is 5.75 Å². The maximum atomic E-state index is 10.9. The van der Waals surface area contributed by atoms with Crippen molar-refractivity contribution in [2.24, 2.45) is 5.92 Å². The van der Waals surface area contributed by atoms with E-state index in [1.54, 1.807) is 18.2 Å². The third-order valence-corrected chi connectivity index (χ3v) is 2.10. The molecule has 18 heavy (non-hydrogen) atoms. The first-order valence-electron chi connectivity index (χ1n) is 5.91. The van der Waals surface area contributed by atoms with Gasteiger partial charge in [0.05, 0.1) is 13.2 Å². The normalized spacial score (nSPS) is 10.6. The predicted molar refractivity (Wildman–Crippen MR) is 67.7 cm³/mol. The largest absolute Gasteiger partial charge is 0.491 e. The molecule has 1 aromatic rings. The number of aromatic carboxylic acids is 1. The van der Waals surface area contributed by atoms with E-state index in [-0.39, 0.29) is 5.56 Å². The fourth-order valence-electron chi connectivity index (χ4n) is 1.27. The highest BCUT2D eigenvalue weighted by atomic mass is 16.6. The van der Waals surface area contributed by atoms with Crippen LogP contribution in [0.2, 0.25) is 0 Å². The van der Waals surface area contributed by atoms with Gasteiger partial charge in [-0.25, -0.2) is 4.79 Å². The molecule has 0 aliphatic rings. The minimum absolute atomic E-state index is 0.167. The fourth-order valence-corrected chi connectivity index (χ4v) is 1.27. The van der Waals surface area contributed by atoms with Gasteiger partial charge in [0.1, 0.15) is 17.9 Å². The van der Waals surface area contributed by atoms with Crippen LogP contribution < -0.4 is 10.2 Å². The first kappa shape index (κ1) is 14.5. The van der Waals surface area contributed by atoms with Crippen LogP contribution >= 0.6 is 0 Å². The Bertz CT molecular complexity index is 379. The summed E-state index contributed by atoms with van der Waals surface area (Å²) in [6.07, 6.45) is 0. The van der Waals surface area contributed by atoms with Gasteiger partial charge < -0.3 is 14.7 Å². The summed E-state index contributed by atoms with van der Waals surface area (Å²) in [6, 6.07) is 6.56. The number of hydroxylamine groups is 1. The Labute approximate surface area is 107 Å². The SMILES string of the molecule is CC(C)CONCCOc1ccccc1C(=O)O. The number of hydrogen-bond donors (Lipinski definition) is 2. The lowest BCUT2D eigenvalue weighted by Gasteiger charge is -2.10. The van der Waals surface area contributed by atoms with Crippen molar-refractivity contribution < 1.29 is 19.5 Å². The molecule has 0 atom stereocenters. The number of carbonyl (C=O) groups is 1. The smallest absolute Gasteiger partial charge is 0.339 e. The third kappa shape index (κ3) is 5.16. The summed E-state index contributed by atoms with van der Waals surface area (Å²) in [5, 5.41) is 8.95. The molecule has 0 bridgehead atoms. The highest BCUT2D eigenvalue weighted by molar-refractivity contribution is 5.90. The van der Waals surface area contributed by atoms with E-state index in [9.17, 15) is 4.79 Å². The Kier molecular flexibility index (Phi) is 6.18. The second-order valence-corrected chi connectivity index (χ2v) is 4.25. The van der Waals surface area contributed by atoms with E-state index in [4.69, 9.17) is 14.7 Å². The zero-order chi connectivity index (χ0) is 13.4. The number of nitrogens with one attached hydrogen (secondary N) is 1. The number of carboxylic acids is 1. The number of para-hydroxylation sites is 1. The summed E-state index contributed by atoms with van der Waals surface area (Å²) in [6.45, 7) is 5.59. The number of carboxylic acid groups (broad SMARTS) is 1. The van der Waals surface area contributed by atoms with E-state index in [0.29, 0.717) is 31.4 Å². The van der Waals surface area contributed by atoms with Crippen molar-refractivity contribution in [3.05, 3.63) is 29.8 Å². The standard InChI is InChI=1S/C13H19NO4/c1-10(2)9-18-14-7-8-17-12-6-4-3-5-11(12)13(15)16/h3-6,10,14H,7-9H2,1-2H3,(H,15,16). The molecule has 0 heterocycles. The number of rotatable bonds is 8. The lowest BCUT2D eigenvalue weighted by Crippen LogP contribution is -2.23. The van der Waals surface area contributed by atoms with E-state index in [1.807, 2.05) is 0 Å². The average Bonchev–Trinajstić information content (AvgIpc) is 2.33. The first-order valence-corrected chi connectivity index (χ1v) is 5.91. The highest BCUT2D eigenvalue weighted by Crippen LogP contribution is 2.17. The molecule has 0 unspecified atom stereocenters. The van der Waals surface area contributed by atoms with Gasteiger partial charge in [0.15, 0.2) is 0 Å². The van der Waals surface area contributed by atoms with Crippen LogP contribution in [-0.2, 0) is 4.84 Å². The second kappa shape index (κ2) is 7.68. The maximum Gasteiger partial charge on any atom is 0.339 e. The Morgan fingerprint density at radius 1 is 1.39 bits per heavy atom. The Hall–Kier alpha value is -1.59. The van der Waals surface area contributed by atoms with Gasteiger partial charge in [-0.15, -0.1) is 0 Å². The summed E-state index contributed by atoms with van der Waals surface area (Å²) >= 11 is 0. The van der Waals surface area contributed by atoms with Crippen LogP contribution in [0.1, 0.15) is 24.2 Å². The molecule has 0 aromatic heterocycles. The second-order valence-electron chi connectivity index (χ2n) is 4.25. The molecule has 0 aliphatic heterocycles. The molecule has 0 saturated carbocycles. The van der Waals surface area contributed by atoms with Crippen molar-refractivity contribution >= 4 is 5.97 Å². The Morgan fingerprint density at radius 2 is 2.11 bits per heavy atom. The molecule has 1 rings (SSSR count). The zero-order valence-electron chi connectivity index (χ0n) is 10.7. The van der Waals surface area contributed by atoms with Crippen molar-refractivity contribution in [2.75, 3.05) is 19.8 Å². The van der Waals surface area contributed by atoms with Gasteiger partial charge in [-0.3, -0.25) is 0 Å². The number of benzene rings is 1. The molecule has 0 radical (unpaired) electrons. The molecule has 2 N–H and O–H groups in total. The fraction of sp³-hybridized carbons (Fsp3) is 0.462. The molecule has 0 saturated heterocycles. The zero-order valence-corrected chi connectivity index (χ0v) is 10.7. The Morgan fingerprint density at radius 3 is 2.78 bits per heavy atom. The summed E-state index contributed by atoms with van der Waals surface area (Å²) in [5.41, 5.74) is 2.93. The van der Waals surface area contributed by atoms with Crippen molar-refractivity contribution in [1.82, 2.24) is 5.48 Å². The summed E-state index contributed by atoms with van der Waals surface area (Å²) in [7, 11) is 0. The molecule has 0 aliphatic carbocycles. The topological polar surface area (TPSA) is 67.8 Å². The number of hydrogen-bond acceptors (Lipinski definition) is 4.